The lowest BCUT2D eigenvalue weighted by Crippen LogP contribution is -2.77. The number of aliphatic hydroxyl groups is 1. The van der Waals surface area contributed by atoms with Crippen molar-refractivity contribution in [2.75, 3.05) is 0 Å². The first-order valence-electron chi connectivity index (χ1n) is 11.5. The number of ether oxygens (including phenoxy) is 2. The SMILES string of the molecule is O=C(NC12CC(C3=NOC(C4CC(OC(F)(F)F)C4)C3)(C1)C2)[C@@H]1C[C@@H](O)c2cc(Cl)ccc2O1. The van der Waals surface area contributed by atoms with Crippen molar-refractivity contribution in [3.8, 4) is 5.75 Å². The van der Waals surface area contributed by atoms with Crippen LogP contribution in [0.3, 0.4) is 0 Å². The lowest BCUT2D eigenvalue weighted by Gasteiger charge is -2.70. The van der Waals surface area contributed by atoms with E-state index in [1.165, 1.54) is 0 Å². The zero-order chi connectivity index (χ0) is 23.9. The van der Waals surface area contributed by atoms with Crippen LogP contribution in [0.25, 0.3) is 0 Å². The zero-order valence-electron chi connectivity index (χ0n) is 18.1. The first-order valence-corrected chi connectivity index (χ1v) is 11.8. The van der Waals surface area contributed by atoms with Crippen LogP contribution in [0, 0.1) is 11.3 Å². The third-order valence-electron chi connectivity index (χ3n) is 8.01. The first kappa shape index (κ1) is 22.4. The molecule has 7 rings (SSSR count). The van der Waals surface area contributed by atoms with Gasteiger partial charge in [-0.1, -0.05) is 16.8 Å². The van der Waals surface area contributed by atoms with Crippen molar-refractivity contribution >= 4 is 23.2 Å². The highest BCUT2D eigenvalue weighted by atomic mass is 35.5. The molecular weight excluding hydrogens is 477 g/mol. The minimum Gasteiger partial charge on any atom is -0.480 e. The van der Waals surface area contributed by atoms with Crippen molar-refractivity contribution in [1.82, 2.24) is 5.32 Å². The normalized spacial score (nSPS) is 39.9. The molecule has 1 amide bonds. The van der Waals surface area contributed by atoms with E-state index in [9.17, 15) is 23.1 Å². The number of benzene rings is 1. The van der Waals surface area contributed by atoms with Gasteiger partial charge in [-0.3, -0.25) is 9.53 Å². The van der Waals surface area contributed by atoms with Crippen LogP contribution in [0.1, 0.15) is 56.6 Å². The maximum Gasteiger partial charge on any atom is 0.522 e. The van der Waals surface area contributed by atoms with Gasteiger partial charge in [0.15, 0.2) is 6.10 Å². The summed E-state index contributed by atoms with van der Waals surface area (Å²) in [5, 5.41) is 18.3. The van der Waals surface area contributed by atoms with E-state index in [0.717, 1.165) is 25.0 Å². The standard InChI is InChI=1S/C23H24ClF3N2O5/c24-12-1-2-16-14(5-12)15(30)6-18(32-16)20(31)28-22-8-21(9-22,10-22)19-7-17(34-29-19)11-3-13(4-11)33-23(25,26)27/h1-2,5,11,13,15,17-18,30H,3-4,6-10H2,(H,28,31)/t11?,13?,15-,17?,18+,21?,22?/m1/s1. The molecule has 184 valence electrons. The number of fused-ring (bicyclic) bond motifs is 1. The Balaban J connectivity index is 0.988. The van der Waals surface area contributed by atoms with Crippen LogP contribution < -0.4 is 10.1 Å². The molecule has 4 aliphatic carbocycles. The first-order chi connectivity index (χ1) is 16.0. The number of carbonyl (C=O) groups excluding carboxylic acids is 1. The van der Waals surface area contributed by atoms with Crippen LogP contribution in [0.15, 0.2) is 23.4 Å². The van der Waals surface area contributed by atoms with Crippen LogP contribution in [-0.2, 0) is 14.4 Å². The van der Waals surface area contributed by atoms with Gasteiger partial charge in [0.1, 0.15) is 11.9 Å². The lowest BCUT2D eigenvalue weighted by atomic mass is 9.37. The Hall–Kier alpha value is -2.04. The molecule has 0 aromatic heterocycles. The average Bonchev–Trinajstić information content (AvgIpc) is 3.14. The summed E-state index contributed by atoms with van der Waals surface area (Å²) < 4.78 is 46.8. The molecule has 0 radical (unpaired) electrons. The monoisotopic (exact) mass is 500 g/mol. The van der Waals surface area contributed by atoms with Gasteiger partial charge in [0.05, 0.1) is 17.9 Å². The second-order valence-corrected chi connectivity index (χ2v) is 10.9. The molecule has 1 unspecified atom stereocenters. The van der Waals surface area contributed by atoms with Crippen molar-refractivity contribution in [3.63, 3.8) is 0 Å². The van der Waals surface area contributed by atoms with Crippen LogP contribution in [-0.4, -0.2) is 46.9 Å². The molecule has 1 aromatic rings. The number of alkyl halides is 3. The highest BCUT2D eigenvalue weighted by molar-refractivity contribution is 6.30. The van der Waals surface area contributed by atoms with Gasteiger partial charge in [0, 0.05) is 40.3 Å². The van der Waals surface area contributed by atoms with Crippen molar-refractivity contribution in [3.05, 3.63) is 28.8 Å². The van der Waals surface area contributed by atoms with E-state index in [2.05, 4.69) is 15.2 Å². The molecule has 7 nitrogen and oxygen atoms in total. The number of aliphatic hydroxyl groups excluding tert-OH is 1. The number of hydrogen-bond acceptors (Lipinski definition) is 6. The highest BCUT2D eigenvalue weighted by Gasteiger charge is 2.71. The maximum atomic E-state index is 12.9. The number of carbonyl (C=O) groups is 1. The smallest absolute Gasteiger partial charge is 0.480 e. The third kappa shape index (κ3) is 3.74. The summed E-state index contributed by atoms with van der Waals surface area (Å²) in [6.07, 6.45) is -3.52. The second kappa shape index (κ2) is 7.48. The van der Waals surface area contributed by atoms with Gasteiger partial charge in [-0.15, -0.1) is 13.2 Å². The lowest BCUT2D eigenvalue weighted by molar-refractivity contribution is -0.356. The molecule has 1 aromatic carbocycles. The van der Waals surface area contributed by atoms with Crippen LogP contribution in [0.4, 0.5) is 13.2 Å². The quantitative estimate of drug-likeness (QED) is 0.637. The van der Waals surface area contributed by atoms with E-state index in [1.54, 1.807) is 18.2 Å². The van der Waals surface area contributed by atoms with E-state index in [-0.39, 0.29) is 35.3 Å². The number of amides is 1. The van der Waals surface area contributed by atoms with Gasteiger partial charge in [0.2, 0.25) is 0 Å². The van der Waals surface area contributed by atoms with Crippen molar-refractivity contribution < 1.29 is 37.4 Å². The summed E-state index contributed by atoms with van der Waals surface area (Å²) in [6.45, 7) is 0. The van der Waals surface area contributed by atoms with Gasteiger partial charge < -0.3 is 20.0 Å². The number of nitrogens with zero attached hydrogens (tertiary/aromatic N) is 1. The summed E-state index contributed by atoms with van der Waals surface area (Å²) >= 11 is 5.98. The Morgan fingerprint density at radius 1 is 1.24 bits per heavy atom. The number of oxime groups is 1. The van der Waals surface area contributed by atoms with Crippen LogP contribution in [0.5, 0.6) is 5.75 Å². The topological polar surface area (TPSA) is 89.4 Å². The summed E-state index contributed by atoms with van der Waals surface area (Å²) in [4.78, 5) is 18.4. The molecule has 0 spiro atoms. The van der Waals surface area contributed by atoms with Gasteiger partial charge in [-0.25, -0.2) is 0 Å². The minimum atomic E-state index is -4.60. The van der Waals surface area contributed by atoms with E-state index in [1.807, 2.05) is 0 Å². The van der Waals surface area contributed by atoms with Crippen molar-refractivity contribution in [2.45, 2.75) is 81.3 Å². The average molecular weight is 501 g/mol. The fourth-order valence-electron chi connectivity index (χ4n) is 6.30. The Bertz CT molecular complexity index is 1040. The number of halogens is 4. The molecule has 4 saturated carbocycles. The molecule has 2 bridgehead atoms. The van der Waals surface area contributed by atoms with E-state index in [0.29, 0.717) is 35.6 Å². The predicted octanol–water partition coefficient (Wildman–Crippen LogP) is 4.02. The largest absolute Gasteiger partial charge is 0.522 e. The van der Waals surface area contributed by atoms with E-state index < -0.39 is 24.7 Å². The molecule has 34 heavy (non-hydrogen) atoms. The van der Waals surface area contributed by atoms with E-state index in [4.69, 9.17) is 21.2 Å². The second-order valence-electron chi connectivity index (χ2n) is 10.4. The molecule has 4 fully saturated rings. The van der Waals surface area contributed by atoms with Gasteiger partial charge in [0.25, 0.3) is 5.91 Å². The number of hydrogen-bond donors (Lipinski definition) is 2. The van der Waals surface area contributed by atoms with Crippen molar-refractivity contribution in [2.24, 2.45) is 16.5 Å². The summed E-state index contributed by atoms with van der Waals surface area (Å²) in [7, 11) is 0. The molecule has 6 aliphatic rings. The Morgan fingerprint density at radius 3 is 2.68 bits per heavy atom. The fraction of sp³-hybridized carbons (Fsp3) is 0.652. The molecule has 2 N–H and O–H groups in total. The molecule has 2 aliphatic heterocycles. The third-order valence-corrected chi connectivity index (χ3v) is 8.25. The Labute approximate surface area is 198 Å². The Kier molecular flexibility index (Phi) is 4.93. The van der Waals surface area contributed by atoms with Gasteiger partial charge in [-0.05, 0) is 50.3 Å². The number of rotatable bonds is 5. The molecule has 0 saturated heterocycles. The van der Waals surface area contributed by atoms with E-state index >= 15 is 0 Å². The van der Waals surface area contributed by atoms with Crippen LogP contribution in [0.2, 0.25) is 5.02 Å². The summed E-state index contributed by atoms with van der Waals surface area (Å²) in [6, 6.07) is 4.96. The van der Waals surface area contributed by atoms with Crippen LogP contribution >= 0.6 is 11.6 Å². The maximum absolute atomic E-state index is 12.9. The molecule has 3 atom stereocenters. The predicted molar refractivity (Wildman–Crippen MR) is 113 cm³/mol. The van der Waals surface area contributed by atoms with Gasteiger partial charge in [-0.2, -0.15) is 0 Å². The molecule has 2 heterocycles. The molecular formula is C23H24ClF3N2O5. The molecule has 11 heteroatoms. The zero-order valence-corrected chi connectivity index (χ0v) is 18.9. The van der Waals surface area contributed by atoms with Gasteiger partial charge >= 0.3 is 6.36 Å². The highest BCUT2D eigenvalue weighted by Crippen LogP contribution is 2.69. The minimum absolute atomic E-state index is 0.0160. The fourth-order valence-corrected chi connectivity index (χ4v) is 6.49. The number of nitrogens with one attached hydrogen (secondary N) is 1. The Morgan fingerprint density at radius 2 is 1.97 bits per heavy atom. The summed E-state index contributed by atoms with van der Waals surface area (Å²) in [5.74, 6) is 0.225. The van der Waals surface area contributed by atoms with Crippen molar-refractivity contribution in [1.29, 1.82) is 0 Å². The summed E-state index contributed by atoms with van der Waals surface area (Å²) in [5.41, 5.74) is 1.14.